The zero-order valence-electron chi connectivity index (χ0n) is 12.0. The number of aromatic nitrogens is 1. The highest BCUT2D eigenvalue weighted by Crippen LogP contribution is 2.20. The molecule has 0 saturated carbocycles. The van der Waals surface area contributed by atoms with Gasteiger partial charge in [-0.25, -0.2) is 4.98 Å². The fourth-order valence-electron chi connectivity index (χ4n) is 1.74. The van der Waals surface area contributed by atoms with Crippen molar-refractivity contribution in [3.05, 3.63) is 40.2 Å². The summed E-state index contributed by atoms with van der Waals surface area (Å²) >= 11 is 1.74. The average Bonchev–Trinajstić information content (AvgIpc) is 3.10. The first-order valence-electron chi connectivity index (χ1n) is 6.58. The van der Waals surface area contributed by atoms with Crippen molar-refractivity contribution in [1.82, 2.24) is 15.6 Å². The van der Waals surface area contributed by atoms with Gasteiger partial charge in [0.15, 0.2) is 5.96 Å². The summed E-state index contributed by atoms with van der Waals surface area (Å²) < 4.78 is 5.27. The summed E-state index contributed by atoms with van der Waals surface area (Å²) in [5.41, 5.74) is 0. The molecule has 20 heavy (non-hydrogen) atoms. The summed E-state index contributed by atoms with van der Waals surface area (Å²) in [5.74, 6) is 2.01. The molecule has 108 valence electrons. The number of hydrogen-bond acceptors (Lipinski definition) is 4. The molecule has 0 aromatic carbocycles. The highest BCUT2D eigenvalue weighted by atomic mass is 32.1. The fourth-order valence-corrected chi connectivity index (χ4v) is 2.57. The summed E-state index contributed by atoms with van der Waals surface area (Å²) in [6, 6.07) is 3.81. The highest BCUT2D eigenvalue weighted by molar-refractivity contribution is 7.11. The maximum absolute atomic E-state index is 5.27. The van der Waals surface area contributed by atoms with E-state index in [1.54, 1.807) is 24.6 Å². The minimum absolute atomic E-state index is 0.357. The molecule has 2 N–H and O–H groups in total. The smallest absolute Gasteiger partial charge is 0.191 e. The fraction of sp³-hybridized carbons (Fsp3) is 0.429. The minimum Gasteiger partial charge on any atom is -0.467 e. The highest BCUT2D eigenvalue weighted by Gasteiger charge is 2.10. The number of aryl methyl sites for hydroxylation is 1. The first-order valence-corrected chi connectivity index (χ1v) is 7.40. The summed E-state index contributed by atoms with van der Waals surface area (Å²) in [4.78, 5) is 9.85. The van der Waals surface area contributed by atoms with E-state index in [1.807, 2.05) is 18.3 Å². The van der Waals surface area contributed by atoms with Crippen LogP contribution in [0.15, 0.2) is 34.0 Å². The van der Waals surface area contributed by atoms with Crippen LogP contribution < -0.4 is 10.6 Å². The van der Waals surface area contributed by atoms with E-state index in [0.29, 0.717) is 12.5 Å². The second-order valence-corrected chi connectivity index (χ2v) is 5.86. The van der Waals surface area contributed by atoms with E-state index >= 15 is 0 Å². The average molecular weight is 292 g/mol. The van der Waals surface area contributed by atoms with Gasteiger partial charge in [-0.1, -0.05) is 6.92 Å². The van der Waals surface area contributed by atoms with Gasteiger partial charge in [0.05, 0.1) is 17.8 Å². The number of nitrogens with zero attached hydrogens (tertiary/aromatic N) is 2. The number of aliphatic imine (C=N–C) groups is 1. The van der Waals surface area contributed by atoms with E-state index in [9.17, 15) is 0 Å². The molecule has 2 rings (SSSR count). The molecule has 0 aliphatic heterocycles. The molecule has 2 aromatic heterocycles. The Morgan fingerprint density at radius 2 is 2.35 bits per heavy atom. The third kappa shape index (κ3) is 4.09. The van der Waals surface area contributed by atoms with Crippen LogP contribution in [0.1, 0.15) is 28.5 Å². The Morgan fingerprint density at radius 1 is 1.50 bits per heavy atom. The second kappa shape index (κ2) is 7.09. The molecule has 0 amide bonds. The van der Waals surface area contributed by atoms with Crippen molar-refractivity contribution in [3.63, 3.8) is 0 Å². The SMILES string of the molecule is CN=C(NCc1ccco1)NCC(C)c1ncc(C)s1. The van der Waals surface area contributed by atoms with Crippen LogP contribution in [-0.2, 0) is 6.54 Å². The van der Waals surface area contributed by atoms with Gasteiger partial charge < -0.3 is 15.1 Å². The molecule has 0 aliphatic carbocycles. The Kier molecular flexibility index (Phi) is 5.17. The molecular formula is C14H20N4OS. The first-order chi connectivity index (χ1) is 9.69. The number of nitrogens with one attached hydrogen (secondary N) is 2. The summed E-state index contributed by atoms with van der Waals surface area (Å²) in [6.07, 6.45) is 3.58. The van der Waals surface area contributed by atoms with Crippen molar-refractivity contribution in [1.29, 1.82) is 0 Å². The topological polar surface area (TPSA) is 62.5 Å². The Labute approximate surface area is 123 Å². The number of rotatable bonds is 5. The van der Waals surface area contributed by atoms with E-state index in [2.05, 4.69) is 34.5 Å². The number of guanidine groups is 1. The largest absolute Gasteiger partial charge is 0.467 e. The van der Waals surface area contributed by atoms with Crippen LogP contribution in [0.2, 0.25) is 0 Å². The molecule has 0 aliphatic rings. The Hall–Kier alpha value is -1.82. The zero-order chi connectivity index (χ0) is 14.4. The van der Waals surface area contributed by atoms with Gasteiger partial charge in [-0.3, -0.25) is 4.99 Å². The van der Waals surface area contributed by atoms with Crippen molar-refractivity contribution < 1.29 is 4.42 Å². The first kappa shape index (κ1) is 14.6. The molecule has 0 fully saturated rings. The Morgan fingerprint density at radius 3 is 2.95 bits per heavy atom. The number of furan rings is 1. The lowest BCUT2D eigenvalue weighted by molar-refractivity contribution is 0.501. The van der Waals surface area contributed by atoms with E-state index in [1.165, 1.54) is 4.88 Å². The van der Waals surface area contributed by atoms with E-state index in [-0.39, 0.29) is 0 Å². The molecule has 0 spiro atoms. The maximum atomic E-state index is 5.27. The molecule has 1 atom stereocenters. The third-order valence-electron chi connectivity index (χ3n) is 2.87. The lowest BCUT2D eigenvalue weighted by Crippen LogP contribution is -2.38. The van der Waals surface area contributed by atoms with E-state index in [4.69, 9.17) is 4.42 Å². The van der Waals surface area contributed by atoms with Gasteiger partial charge in [0.2, 0.25) is 0 Å². The van der Waals surface area contributed by atoms with Crippen LogP contribution in [0.5, 0.6) is 0 Å². The van der Waals surface area contributed by atoms with Gasteiger partial charge >= 0.3 is 0 Å². The Balaban J connectivity index is 1.79. The molecule has 2 heterocycles. The summed E-state index contributed by atoms with van der Waals surface area (Å²) in [7, 11) is 1.76. The van der Waals surface area contributed by atoms with Crippen LogP contribution >= 0.6 is 11.3 Å². The predicted octanol–water partition coefficient (Wildman–Crippen LogP) is 2.51. The van der Waals surface area contributed by atoms with Crippen LogP contribution in [-0.4, -0.2) is 24.5 Å². The molecule has 0 radical (unpaired) electrons. The molecule has 1 unspecified atom stereocenters. The molecule has 0 saturated heterocycles. The van der Waals surface area contributed by atoms with Gasteiger partial charge in [-0.2, -0.15) is 0 Å². The molecule has 2 aromatic rings. The quantitative estimate of drug-likeness (QED) is 0.656. The number of thiazole rings is 1. The third-order valence-corrected chi connectivity index (χ3v) is 4.01. The molecular weight excluding hydrogens is 272 g/mol. The monoisotopic (exact) mass is 292 g/mol. The van der Waals surface area contributed by atoms with Crippen molar-refractivity contribution in [2.45, 2.75) is 26.3 Å². The van der Waals surface area contributed by atoms with E-state index < -0.39 is 0 Å². The molecule has 6 heteroatoms. The van der Waals surface area contributed by atoms with Crippen LogP contribution in [0.25, 0.3) is 0 Å². The predicted molar refractivity (Wildman–Crippen MR) is 82.2 cm³/mol. The molecule has 0 bridgehead atoms. The van der Waals surface area contributed by atoms with Crippen molar-refractivity contribution >= 4 is 17.3 Å². The van der Waals surface area contributed by atoms with Gasteiger partial charge in [-0.15, -0.1) is 11.3 Å². The van der Waals surface area contributed by atoms with Crippen molar-refractivity contribution in [2.24, 2.45) is 4.99 Å². The molecule has 5 nitrogen and oxygen atoms in total. The maximum Gasteiger partial charge on any atom is 0.191 e. The van der Waals surface area contributed by atoms with Crippen molar-refractivity contribution in [3.8, 4) is 0 Å². The zero-order valence-corrected chi connectivity index (χ0v) is 12.8. The normalized spacial score (nSPS) is 13.2. The number of hydrogen-bond donors (Lipinski definition) is 2. The minimum atomic E-state index is 0.357. The van der Waals surface area contributed by atoms with Gasteiger partial charge in [0, 0.05) is 30.6 Å². The summed E-state index contributed by atoms with van der Waals surface area (Å²) in [5, 5.41) is 7.66. The Bertz CT molecular complexity index is 547. The van der Waals surface area contributed by atoms with Crippen LogP contribution in [0.4, 0.5) is 0 Å². The van der Waals surface area contributed by atoms with Gasteiger partial charge in [0.1, 0.15) is 5.76 Å². The van der Waals surface area contributed by atoms with Gasteiger partial charge in [0.25, 0.3) is 0 Å². The van der Waals surface area contributed by atoms with Gasteiger partial charge in [-0.05, 0) is 19.1 Å². The van der Waals surface area contributed by atoms with Crippen molar-refractivity contribution in [2.75, 3.05) is 13.6 Å². The lowest BCUT2D eigenvalue weighted by Gasteiger charge is -2.14. The van der Waals surface area contributed by atoms with Crippen LogP contribution in [0, 0.1) is 6.92 Å². The summed E-state index contributed by atoms with van der Waals surface area (Å²) in [6.45, 7) is 5.65. The van der Waals surface area contributed by atoms with E-state index in [0.717, 1.165) is 23.3 Å². The standard InChI is InChI=1S/C14H20N4OS/c1-10(13-16-8-11(2)20-13)7-17-14(15-3)18-9-12-5-4-6-19-12/h4-6,8,10H,7,9H2,1-3H3,(H2,15,17,18). The lowest BCUT2D eigenvalue weighted by atomic mass is 10.2. The van der Waals surface area contributed by atoms with Crippen LogP contribution in [0.3, 0.4) is 0 Å². The second-order valence-electron chi connectivity index (χ2n) is 4.60.